The van der Waals surface area contributed by atoms with Gasteiger partial charge in [-0.2, -0.15) is 4.98 Å². The summed E-state index contributed by atoms with van der Waals surface area (Å²) in [5, 5.41) is 4.97. The summed E-state index contributed by atoms with van der Waals surface area (Å²) in [7, 11) is 1.77. The van der Waals surface area contributed by atoms with Gasteiger partial charge in [0.25, 0.3) is 5.56 Å². The van der Waals surface area contributed by atoms with E-state index in [2.05, 4.69) is 38.0 Å². The fourth-order valence-electron chi connectivity index (χ4n) is 4.82. The number of hydrogen-bond donors (Lipinski definition) is 0. The predicted molar refractivity (Wildman–Crippen MR) is 114 cm³/mol. The summed E-state index contributed by atoms with van der Waals surface area (Å²) in [6.07, 6.45) is 3.05. The molecule has 0 amide bonds. The van der Waals surface area contributed by atoms with Crippen LogP contribution >= 0.6 is 11.6 Å². The molecule has 1 aromatic carbocycles. The average molecular weight is 438 g/mol. The highest BCUT2D eigenvalue weighted by Crippen LogP contribution is 2.58. The number of imidazole rings is 1. The lowest BCUT2D eigenvalue weighted by Gasteiger charge is -2.22. The maximum absolute atomic E-state index is 12.7. The van der Waals surface area contributed by atoms with Gasteiger partial charge in [-0.3, -0.25) is 9.36 Å². The Hall–Kier alpha value is -3.20. The van der Waals surface area contributed by atoms with Gasteiger partial charge >= 0.3 is 0 Å². The van der Waals surface area contributed by atoms with Gasteiger partial charge in [-0.1, -0.05) is 16.8 Å². The third-order valence-electron chi connectivity index (χ3n) is 6.37. The maximum Gasteiger partial charge on any atom is 0.280 e. The van der Waals surface area contributed by atoms with Crippen LogP contribution < -0.4 is 10.5 Å². The Morgan fingerprint density at radius 1 is 1.16 bits per heavy atom. The first kappa shape index (κ1) is 18.6. The van der Waals surface area contributed by atoms with Gasteiger partial charge in [0.1, 0.15) is 12.9 Å². The molecular weight excluding hydrogens is 418 g/mol. The Morgan fingerprint density at radius 2 is 1.94 bits per heavy atom. The highest BCUT2D eigenvalue weighted by molar-refractivity contribution is 6.30. The number of aromatic nitrogens is 6. The van der Waals surface area contributed by atoms with E-state index in [1.54, 1.807) is 17.9 Å². The Morgan fingerprint density at radius 3 is 2.71 bits per heavy atom. The van der Waals surface area contributed by atoms with Gasteiger partial charge in [0.15, 0.2) is 17.0 Å². The van der Waals surface area contributed by atoms with E-state index in [1.165, 1.54) is 16.6 Å². The zero-order valence-electron chi connectivity index (χ0n) is 17.1. The molecule has 1 aliphatic carbocycles. The molecule has 1 saturated carbocycles. The summed E-state index contributed by atoms with van der Waals surface area (Å²) >= 11 is 6.22. The van der Waals surface area contributed by atoms with Crippen LogP contribution in [0.1, 0.15) is 23.2 Å². The zero-order chi connectivity index (χ0) is 21.3. The van der Waals surface area contributed by atoms with Crippen LogP contribution in [-0.2, 0) is 13.6 Å². The number of rotatable bonds is 4. The summed E-state index contributed by atoms with van der Waals surface area (Å²) in [6.45, 7) is 4.16. The van der Waals surface area contributed by atoms with Gasteiger partial charge in [0.2, 0.25) is 5.89 Å². The lowest BCUT2D eigenvalue weighted by molar-refractivity contribution is 0.363. The second-order valence-corrected chi connectivity index (χ2v) is 8.93. The molecule has 0 N–H and O–H groups in total. The van der Waals surface area contributed by atoms with Gasteiger partial charge < -0.3 is 14.0 Å². The van der Waals surface area contributed by atoms with E-state index in [4.69, 9.17) is 16.1 Å². The van der Waals surface area contributed by atoms with Crippen molar-refractivity contribution in [3.05, 3.63) is 63.5 Å². The van der Waals surface area contributed by atoms with Gasteiger partial charge in [0.05, 0.1) is 6.33 Å². The molecule has 9 nitrogen and oxygen atoms in total. The first-order valence-corrected chi connectivity index (χ1v) is 10.6. The van der Waals surface area contributed by atoms with E-state index < -0.39 is 0 Å². The molecule has 1 saturated heterocycles. The van der Waals surface area contributed by atoms with Gasteiger partial charge in [0, 0.05) is 36.8 Å². The Kier molecular flexibility index (Phi) is 3.98. The van der Waals surface area contributed by atoms with Crippen molar-refractivity contribution in [3.63, 3.8) is 0 Å². The smallest absolute Gasteiger partial charge is 0.280 e. The van der Waals surface area contributed by atoms with Crippen molar-refractivity contribution < 1.29 is 4.52 Å². The molecule has 1 aliphatic heterocycles. The number of anilines is 1. The topological polar surface area (TPSA) is 94.9 Å². The lowest BCUT2D eigenvalue weighted by Crippen LogP contribution is -2.24. The van der Waals surface area contributed by atoms with Crippen molar-refractivity contribution in [2.75, 3.05) is 18.0 Å². The van der Waals surface area contributed by atoms with Crippen LogP contribution in [0.2, 0.25) is 5.02 Å². The van der Waals surface area contributed by atoms with E-state index in [1.807, 2.05) is 12.1 Å². The minimum absolute atomic E-state index is 0.180. The van der Waals surface area contributed by atoms with Crippen LogP contribution in [0.4, 0.5) is 5.69 Å². The van der Waals surface area contributed by atoms with Crippen LogP contribution in [0.3, 0.4) is 0 Å². The Bertz CT molecular complexity index is 1340. The SMILES string of the molecule is Cc1cc(Cl)cc(N2C[C@@H]3C(c4noc(Cn5cnc6ncn(C)c6c5=O)n4)[C@@H]3C2)c1. The zero-order valence-corrected chi connectivity index (χ0v) is 17.8. The minimum atomic E-state index is -0.180. The molecule has 0 bridgehead atoms. The van der Waals surface area contributed by atoms with Gasteiger partial charge in [-0.05, 0) is 42.5 Å². The van der Waals surface area contributed by atoms with Crippen LogP contribution in [0.5, 0.6) is 0 Å². The molecule has 3 aromatic heterocycles. The fourth-order valence-corrected chi connectivity index (χ4v) is 5.10. The molecule has 2 aliphatic rings. The third-order valence-corrected chi connectivity index (χ3v) is 6.59. The van der Waals surface area contributed by atoms with Crippen molar-refractivity contribution in [2.24, 2.45) is 18.9 Å². The number of piperidine rings is 1. The fraction of sp³-hybridized carbons (Fsp3) is 0.381. The third kappa shape index (κ3) is 3.03. The molecule has 31 heavy (non-hydrogen) atoms. The van der Waals surface area contributed by atoms with Crippen LogP contribution in [-0.4, -0.2) is 42.3 Å². The summed E-state index contributed by atoms with van der Waals surface area (Å²) in [6, 6.07) is 6.16. The number of benzene rings is 1. The number of hydrogen-bond acceptors (Lipinski definition) is 7. The molecule has 4 aromatic rings. The number of halogens is 1. The minimum Gasteiger partial charge on any atom is -0.371 e. The highest BCUT2D eigenvalue weighted by atomic mass is 35.5. The van der Waals surface area contributed by atoms with Gasteiger partial charge in [-0.15, -0.1) is 0 Å². The number of nitrogens with zero attached hydrogens (tertiary/aromatic N) is 7. The highest BCUT2D eigenvalue weighted by Gasteiger charge is 2.58. The van der Waals surface area contributed by atoms with Crippen molar-refractivity contribution >= 4 is 28.5 Å². The maximum atomic E-state index is 12.7. The molecular formula is C21H20ClN7O2. The molecule has 0 radical (unpaired) electrons. The quantitative estimate of drug-likeness (QED) is 0.483. The second kappa shape index (κ2) is 6.65. The molecule has 10 heteroatoms. The number of aryl methyl sites for hydroxylation is 2. The largest absolute Gasteiger partial charge is 0.371 e. The molecule has 1 unspecified atom stereocenters. The summed E-state index contributed by atoms with van der Waals surface area (Å²) < 4.78 is 8.59. The first-order valence-electron chi connectivity index (χ1n) is 10.2. The van der Waals surface area contributed by atoms with Crippen LogP contribution in [0.15, 0.2) is 40.2 Å². The standard InChI is InChI=1S/C21H20ClN7O2/c1-11-3-12(22)5-13(4-11)28-6-14-15(7-28)17(14)19-25-16(31-26-19)8-29-10-24-20-18(21(29)30)27(2)9-23-20/h3-5,9-10,14-15,17H,6-8H2,1-2H3/t14-,15+,17?. The van der Waals surface area contributed by atoms with Crippen molar-refractivity contribution in [1.29, 1.82) is 0 Å². The van der Waals surface area contributed by atoms with E-state index in [0.717, 1.165) is 29.5 Å². The predicted octanol–water partition coefficient (Wildman–Crippen LogP) is 2.37. The normalized spacial score (nSPS) is 22.3. The van der Waals surface area contributed by atoms with Crippen molar-refractivity contribution in [3.8, 4) is 0 Å². The molecule has 2 fully saturated rings. The molecule has 4 heterocycles. The summed E-state index contributed by atoms with van der Waals surface area (Å²) in [5.41, 5.74) is 3.04. The van der Waals surface area contributed by atoms with E-state index in [9.17, 15) is 4.79 Å². The molecule has 6 rings (SSSR count). The molecule has 158 valence electrons. The summed E-state index contributed by atoms with van der Waals surface area (Å²) in [4.78, 5) is 28.0. The first-order chi connectivity index (χ1) is 15.0. The van der Waals surface area contributed by atoms with Crippen LogP contribution in [0.25, 0.3) is 11.2 Å². The van der Waals surface area contributed by atoms with Crippen molar-refractivity contribution in [2.45, 2.75) is 19.4 Å². The lowest BCUT2D eigenvalue weighted by atomic mass is 10.2. The van der Waals surface area contributed by atoms with Crippen molar-refractivity contribution in [1.82, 2.24) is 29.2 Å². The van der Waals surface area contributed by atoms with Crippen LogP contribution in [0, 0.1) is 18.8 Å². The average Bonchev–Trinajstić information content (AvgIpc) is 3.15. The van der Waals surface area contributed by atoms with E-state index in [-0.39, 0.29) is 12.1 Å². The van der Waals surface area contributed by atoms with E-state index in [0.29, 0.717) is 34.8 Å². The number of fused-ring (bicyclic) bond motifs is 2. The monoisotopic (exact) mass is 437 g/mol. The second-order valence-electron chi connectivity index (χ2n) is 8.50. The molecule has 3 atom stereocenters. The van der Waals surface area contributed by atoms with Gasteiger partial charge in [-0.25, -0.2) is 9.97 Å². The Balaban J connectivity index is 1.17. The molecule has 0 spiro atoms. The summed E-state index contributed by atoms with van der Waals surface area (Å²) in [5.74, 6) is 2.48. The van der Waals surface area contributed by atoms with E-state index >= 15 is 0 Å². The Labute approximate surface area is 182 Å².